The maximum absolute atomic E-state index is 4.17. The van der Waals surface area contributed by atoms with Gasteiger partial charge in [-0.1, -0.05) is 18.2 Å². The summed E-state index contributed by atoms with van der Waals surface area (Å²) in [4.78, 5) is 8.06. The van der Waals surface area contributed by atoms with Gasteiger partial charge in [0.2, 0.25) is 0 Å². The van der Waals surface area contributed by atoms with Crippen molar-refractivity contribution in [2.75, 3.05) is 0 Å². The summed E-state index contributed by atoms with van der Waals surface area (Å²) in [5.41, 5.74) is 5.00. The molecule has 1 N–H and O–H groups in total. The van der Waals surface area contributed by atoms with Gasteiger partial charge in [-0.05, 0) is 36.6 Å². The fourth-order valence-corrected chi connectivity index (χ4v) is 1.67. The summed E-state index contributed by atoms with van der Waals surface area (Å²) in [7, 11) is 0. The minimum Gasteiger partial charge on any atom is -0.307 e. The molecule has 0 saturated heterocycles. The zero-order valence-electron chi connectivity index (χ0n) is 10.3. The van der Waals surface area contributed by atoms with Crippen molar-refractivity contribution >= 4 is 0 Å². The van der Waals surface area contributed by atoms with Gasteiger partial charge < -0.3 is 5.32 Å². The predicted molar refractivity (Wildman–Crippen MR) is 68.5 cm³/mol. The van der Waals surface area contributed by atoms with Crippen LogP contribution in [0.25, 0.3) is 0 Å². The van der Waals surface area contributed by atoms with Gasteiger partial charge in [0.1, 0.15) is 6.33 Å². The van der Waals surface area contributed by atoms with Crippen LogP contribution in [0.2, 0.25) is 0 Å². The summed E-state index contributed by atoms with van der Waals surface area (Å²) in [6.07, 6.45) is 3.34. The lowest BCUT2D eigenvalue weighted by Gasteiger charge is -2.06. The van der Waals surface area contributed by atoms with Crippen molar-refractivity contribution in [1.29, 1.82) is 0 Å². The number of nitrogens with one attached hydrogen (secondary N) is 1. The molecule has 0 amide bonds. The molecule has 0 fully saturated rings. The highest BCUT2D eigenvalue weighted by atomic mass is 14.9. The fraction of sp³-hybridized carbons (Fsp3) is 0.286. The first-order valence-corrected chi connectivity index (χ1v) is 5.77. The maximum Gasteiger partial charge on any atom is 0.115 e. The van der Waals surface area contributed by atoms with Crippen molar-refractivity contribution in [2.24, 2.45) is 0 Å². The number of aryl methyl sites for hydroxylation is 2. The van der Waals surface area contributed by atoms with Crippen LogP contribution in [0.5, 0.6) is 0 Å². The molecule has 1 heterocycles. The van der Waals surface area contributed by atoms with Gasteiger partial charge in [-0.15, -0.1) is 0 Å². The van der Waals surface area contributed by atoms with Gasteiger partial charge >= 0.3 is 0 Å². The van der Waals surface area contributed by atoms with Gasteiger partial charge in [-0.2, -0.15) is 0 Å². The summed E-state index contributed by atoms with van der Waals surface area (Å²) < 4.78 is 0. The monoisotopic (exact) mass is 227 g/mol. The van der Waals surface area contributed by atoms with Crippen LogP contribution in [0, 0.1) is 13.8 Å². The van der Waals surface area contributed by atoms with Crippen LogP contribution in [0.4, 0.5) is 0 Å². The average Bonchev–Trinajstić information content (AvgIpc) is 2.35. The van der Waals surface area contributed by atoms with E-state index >= 15 is 0 Å². The Labute approximate surface area is 102 Å². The van der Waals surface area contributed by atoms with E-state index in [2.05, 4.69) is 47.3 Å². The number of benzene rings is 1. The van der Waals surface area contributed by atoms with Crippen LogP contribution < -0.4 is 5.32 Å². The molecule has 0 aliphatic heterocycles. The van der Waals surface area contributed by atoms with E-state index in [1.807, 2.05) is 6.07 Å². The van der Waals surface area contributed by atoms with Crippen molar-refractivity contribution in [3.05, 3.63) is 59.2 Å². The van der Waals surface area contributed by atoms with Gasteiger partial charge in [0, 0.05) is 19.3 Å². The van der Waals surface area contributed by atoms with Gasteiger partial charge in [-0.3, -0.25) is 0 Å². The Bertz CT molecular complexity index is 480. The topological polar surface area (TPSA) is 37.8 Å². The van der Waals surface area contributed by atoms with Crippen LogP contribution in [0.3, 0.4) is 0 Å². The zero-order chi connectivity index (χ0) is 12.1. The average molecular weight is 227 g/mol. The minimum atomic E-state index is 0.773. The predicted octanol–water partition coefficient (Wildman–Crippen LogP) is 2.38. The quantitative estimate of drug-likeness (QED) is 0.871. The van der Waals surface area contributed by atoms with Crippen LogP contribution >= 0.6 is 0 Å². The molecule has 0 atom stereocenters. The van der Waals surface area contributed by atoms with E-state index in [9.17, 15) is 0 Å². The number of aromatic nitrogens is 2. The van der Waals surface area contributed by atoms with Gasteiger partial charge in [-0.25, -0.2) is 9.97 Å². The third kappa shape index (κ3) is 3.36. The molecule has 3 heteroatoms. The number of nitrogens with zero attached hydrogens (tertiary/aromatic N) is 2. The smallest absolute Gasteiger partial charge is 0.115 e. The first kappa shape index (κ1) is 11.7. The van der Waals surface area contributed by atoms with Crippen LogP contribution in [0.1, 0.15) is 22.4 Å². The van der Waals surface area contributed by atoms with E-state index in [1.54, 1.807) is 12.5 Å². The highest BCUT2D eigenvalue weighted by molar-refractivity contribution is 5.29. The van der Waals surface area contributed by atoms with E-state index in [1.165, 1.54) is 16.7 Å². The molecule has 88 valence electrons. The Morgan fingerprint density at radius 2 is 1.94 bits per heavy atom. The number of hydrogen-bond acceptors (Lipinski definition) is 3. The molecule has 0 unspecified atom stereocenters. The van der Waals surface area contributed by atoms with Crippen molar-refractivity contribution in [1.82, 2.24) is 15.3 Å². The number of rotatable bonds is 4. The summed E-state index contributed by atoms with van der Waals surface area (Å²) in [5, 5.41) is 3.37. The van der Waals surface area contributed by atoms with Crippen LogP contribution in [-0.2, 0) is 13.1 Å². The zero-order valence-corrected chi connectivity index (χ0v) is 10.3. The van der Waals surface area contributed by atoms with Gasteiger partial charge in [0.15, 0.2) is 0 Å². The molecule has 0 radical (unpaired) electrons. The molecular formula is C14H17N3. The molecule has 1 aromatic carbocycles. The lowest BCUT2D eigenvalue weighted by atomic mass is 10.1. The van der Waals surface area contributed by atoms with Gasteiger partial charge in [0.05, 0.1) is 5.69 Å². The molecule has 0 bridgehead atoms. The maximum atomic E-state index is 4.17. The molecule has 1 aromatic heterocycles. The summed E-state index contributed by atoms with van der Waals surface area (Å²) in [6, 6.07) is 8.47. The first-order valence-electron chi connectivity index (χ1n) is 5.77. The van der Waals surface area contributed by atoms with E-state index in [4.69, 9.17) is 0 Å². The molecule has 3 nitrogen and oxygen atoms in total. The molecule has 2 rings (SSSR count). The minimum absolute atomic E-state index is 0.773. The molecule has 2 aromatic rings. The highest BCUT2D eigenvalue weighted by Crippen LogP contribution is 2.09. The normalized spacial score (nSPS) is 10.5. The molecule has 0 aliphatic rings. The van der Waals surface area contributed by atoms with Gasteiger partial charge in [0.25, 0.3) is 0 Å². The van der Waals surface area contributed by atoms with Crippen molar-refractivity contribution in [3.63, 3.8) is 0 Å². The van der Waals surface area contributed by atoms with Crippen LogP contribution in [0.15, 0.2) is 36.8 Å². The lowest BCUT2D eigenvalue weighted by Crippen LogP contribution is -2.13. The standard InChI is InChI=1S/C14H17N3/c1-11-3-4-13(7-12(11)2)8-16-9-14-5-6-15-10-17-14/h3-7,10,16H,8-9H2,1-2H3. The Balaban J connectivity index is 1.88. The Morgan fingerprint density at radius 1 is 1.06 bits per heavy atom. The second kappa shape index (κ2) is 5.55. The summed E-state index contributed by atoms with van der Waals surface area (Å²) in [6.45, 7) is 5.91. The molecule has 0 aliphatic carbocycles. The molecule has 0 saturated carbocycles. The SMILES string of the molecule is Cc1ccc(CNCc2ccncn2)cc1C. The van der Waals surface area contributed by atoms with Crippen molar-refractivity contribution in [3.8, 4) is 0 Å². The van der Waals surface area contributed by atoms with E-state index in [0.717, 1.165) is 18.8 Å². The summed E-state index contributed by atoms with van der Waals surface area (Å²) in [5.74, 6) is 0. The van der Waals surface area contributed by atoms with E-state index < -0.39 is 0 Å². The Kier molecular flexibility index (Phi) is 3.83. The fourth-order valence-electron chi connectivity index (χ4n) is 1.67. The van der Waals surface area contributed by atoms with E-state index in [0.29, 0.717) is 0 Å². The second-order valence-corrected chi connectivity index (χ2v) is 4.22. The van der Waals surface area contributed by atoms with E-state index in [-0.39, 0.29) is 0 Å². The Hall–Kier alpha value is -1.74. The van der Waals surface area contributed by atoms with Crippen LogP contribution in [-0.4, -0.2) is 9.97 Å². The third-order valence-electron chi connectivity index (χ3n) is 2.85. The van der Waals surface area contributed by atoms with Crippen molar-refractivity contribution in [2.45, 2.75) is 26.9 Å². The second-order valence-electron chi connectivity index (χ2n) is 4.22. The number of hydrogen-bond donors (Lipinski definition) is 1. The molecule has 0 spiro atoms. The largest absolute Gasteiger partial charge is 0.307 e. The summed E-state index contributed by atoms with van der Waals surface area (Å²) >= 11 is 0. The van der Waals surface area contributed by atoms with Crippen molar-refractivity contribution < 1.29 is 0 Å². The molecule has 17 heavy (non-hydrogen) atoms. The Morgan fingerprint density at radius 3 is 2.65 bits per heavy atom. The third-order valence-corrected chi connectivity index (χ3v) is 2.85. The highest BCUT2D eigenvalue weighted by Gasteiger charge is 1.97. The first-order chi connectivity index (χ1) is 8.25. The lowest BCUT2D eigenvalue weighted by molar-refractivity contribution is 0.677. The molecular weight excluding hydrogens is 210 g/mol.